The van der Waals surface area contributed by atoms with E-state index >= 15 is 0 Å². The zero-order chi connectivity index (χ0) is 16.4. The largest absolute Gasteiger partial charge is 0.494 e. The zero-order valence-electron chi connectivity index (χ0n) is 13.9. The van der Waals surface area contributed by atoms with E-state index in [0.29, 0.717) is 18.0 Å². The number of nitrogens with one attached hydrogen (secondary N) is 1. The fourth-order valence-corrected chi connectivity index (χ4v) is 2.79. The van der Waals surface area contributed by atoms with Gasteiger partial charge in [-0.05, 0) is 39.1 Å². The highest BCUT2D eigenvalue weighted by Gasteiger charge is 2.22. The molecule has 1 fully saturated rings. The summed E-state index contributed by atoms with van der Waals surface area (Å²) in [6.45, 7) is 7.97. The maximum Gasteiger partial charge on any atom is 0.301 e. The number of likely N-dealkylation sites (N-methyl/N-ethyl adjacent to an activating group) is 1. The van der Waals surface area contributed by atoms with Crippen LogP contribution < -0.4 is 10.2 Å². The first-order chi connectivity index (χ1) is 11.1. The monoisotopic (exact) mass is 317 g/mol. The summed E-state index contributed by atoms with van der Waals surface area (Å²) in [7, 11) is 2.08. The molecule has 1 amide bonds. The van der Waals surface area contributed by atoms with Crippen molar-refractivity contribution in [3.63, 3.8) is 0 Å². The molecule has 1 aromatic carbocycles. The van der Waals surface area contributed by atoms with E-state index in [4.69, 9.17) is 9.15 Å². The topological polar surface area (TPSA) is 58.0 Å². The molecule has 0 unspecified atom stereocenters. The molecule has 0 bridgehead atoms. The number of carbonyl (C=O) groups is 1. The van der Waals surface area contributed by atoms with Gasteiger partial charge in [-0.3, -0.25) is 10.2 Å². The van der Waals surface area contributed by atoms with Crippen molar-refractivity contribution in [1.82, 2.24) is 15.3 Å². The van der Waals surface area contributed by atoms with Crippen molar-refractivity contribution in [2.75, 3.05) is 39.8 Å². The number of hydrogen-bond acceptors (Lipinski definition) is 5. The summed E-state index contributed by atoms with van der Waals surface area (Å²) in [6.07, 6.45) is 0. The van der Waals surface area contributed by atoms with Gasteiger partial charge in [-0.2, -0.15) is 0 Å². The lowest BCUT2D eigenvalue weighted by Gasteiger charge is -2.32. The summed E-state index contributed by atoms with van der Waals surface area (Å²) < 4.78 is 11.3. The highest BCUT2D eigenvalue weighted by atomic mass is 16.5. The minimum absolute atomic E-state index is 0.193. The number of piperazine rings is 1. The van der Waals surface area contributed by atoms with Gasteiger partial charge in [-0.1, -0.05) is 0 Å². The Kier molecular flexibility index (Phi) is 4.54. The first-order valence-electron chi connectivity index (χ1n) is 7.99. The number of ether oxygens (including phenoxy) is 1. The van der Waals surface area contributed by atoms with Crippen molar-refractivity contribution < 1.29 is 13.9 Å². The van der Waals surface area contributed by atoms with E-state index in [1.165, 1.54) is 0 Å². The summed E-state index contributed by atoms with van der Waals surface area (Å²) in [6, 6.07) is 5.63. The normalized spacial score (nSPS) is 16.7. The second kappa shape index (κ2) is 6.60. The van der Waals surface area contributed by atoms with Crippen LogP contribution in [0.15, 0.2) is 22.6 Å². The molecule has 0 spiro atoms. The van der Waals surface area contributed by atoms with Gasteiger partial charge >= 0.3 is 5.91 Å². The lowest BCUT2D eigenvalue weighted by Crippen LogP contribution is -2.52. The zero-order valence-corrected chi connectivity index (χ0v) is 13.9. The van der Waals surface area contributed by atoms with Crippen molar-refractivity contribution in [2.45, 2.75) is 13.8 Å². The molecule has 3 rings (SSSR count). The van der Waals surface area contributed by atoms with Gasteiger partial charge in [0.15, 0.2) is 5.76 Å². The van der Waals surface area contributed by atoms with Gasteiger partial charge in [0.25, 0.3) is 0 Å². The average Bonchev–Trinajstić information content (AvgIpc) is 2.87. The van der Waals surface area contributed by atoms with E-state index in [-0.39, 0.29) is 5.91 Å². The molecule has 0 radical (unpaired) electrons. The number of rotatable bonds is 4. The van der Waals surface area contributed by atoms with Crippen molar-refractivity contribution in [3.8, 4) is 5.75 Å². The first-order valence-corrected chi connectivity index (χ1v) is 7.99. The summed E-state index contributed by atoms with van der Waals surface area (Å²) >= 11 is 0. The van der Waals surface area contributed by atoms with E-state index in [1.54, 1.807) is 0 Å². The number of nitrogens with zero attached hydrogens (tertiary/aromatic N) is 2. The first kappa shape index (κ1) is 15.8. The Hall–Kier alpha value is -2.05. The predicted octanol–water partition coefficient (Wildman–Crippen LogP) is 2.03. The van der Waals surface area contributed by atoms with Gasteiger partial charge in [0, 0.05) is 37.1 Å². The number of fused-ring (bicyclic) bond motifs is 1. The van der Waals surface area contributed by atoms with Crippen LogP contribution in [-0.2, 0) is 0 Å². The number of hydrogen-bond donors (Lipinski definition) is 1. The van der Waals surface area contributed by atoms with Crippen molar-refractivity contribution in [1.29, 1.82) is 0 Å². The molecule has 2 aromatic rings. The minimum atomic E-state index is -0.193. The van der Waals surface area contributed by atoms with E-state index in [0.717, 1.165) is 42.9 Å². The smallest absolute Gasteiger partial charge is 0.301 e. The Morgan fingerprint density at radius 2 is 2.04 bits per heavy atom. The molecule has 1 saturated heterocycles. The predicted molar refractivity (Wildman–Crippen MR) is 88.7 cm³/mol. The lowest BCUT2D eigenvalue weighted by atomic mass is 10.1. The Bertz CT molecular complexity index is 702. The molecular formula is C17H23N3O3. The Labute approximate surface area is 136 Å². The van der Waals surface area contributed by atoms with Crippen LogP contribution in [0.4, 0.5) is 0 Å². The standard InChI is InChI=1S/C17H23N3O3/c1-4-22-13-5-6-15-14(11-13)12(2)16(23-15)17(21)18-20-9-7-19(3)8-10-20/h5-6,11H,4,7-10H2,1-3H3,(H,18,21). The van der Waals surface area contributed by atoms with E-state index < -0.39 is 0 Å². The van der Waals surface area contributed by atoms with Crippen LogP contribution in [-0.4, -0.2) is 55.6 Å². The van der Waals surface area contributed by atoms with Crippen LogP contribution in [0.25, 0.3) is 11.0 Å². The third-order valence-corrected chi connectivity index (χ3v) is 4.19. The number of hydrazine groups is 1. The van der Waals surface area contributed by atoms with Gasteiger partial charge in [0.2, 0.25) is 0 Å². The molecule has 124 valence electrons. The van der Waals surface area contributed by atoms with Crippen LogP contribution in [0, 0.1) is 6.92 Å². The third kappa shape index (κ3) is 3.33. The highest BCUT2D eigenvalue weighted by Crippen LogP contribution is 2.28. The van der Waals surface area contributed by atoms with Crippen molar-refractivity contribution in [3.05, 3.63) is 29.5 Å². The van der Waals surface area contributed by atoms with Crippen LogP contribution in [0.1, 0.15) is 23.0 Å². The molecule has 1 aromatic heterocycles. The highest BCUT2D eigenvalue weighted by molar-refractivity contribution is 5.99. The molecule has 0 atom stereocenters. The Balaban J connectivity index is 1.79. The van der Waals surface area contributed by atoms with Gasteiger partial charge in [-0.15, -0.1) is 0 Å². The molecule has 23 heavy (non-hydrogen) atoms. The number of benzene rings is 1. The van der Waals surface area contributed by atoms with E-state index in [9.17, 15) is 4.79 Å². The summed E-state index contributed by atoms with van der Waals surface area (Å²) in [5.41, 5.74) is 4.48. The van der Waals surface area contributed by atoms with Crippen LogP contribution in [0.5, 0.6) is 5.75 Å². The molecule has 6 heteroatoms. The molecule has 6 nitrogen and oxygen atoms in total. The average molecular weight is 317 g/mol. The molecular weight excluding hydrogens is 294 g/mol. The Morgan fingerprint density at radius 3 is 2.74 bits per heavy atom. The maximum atomic E-state index is 12.5. The van der Waals surface area contributed by atoms with E-state index in [2.05, 4.69) is 17.4 Å². The second-order valence-corrected chi connectivity index (χ2v) is 5.88. The van der Waals surface area contributed by atoms with Crippen molar-refractivity contribution >= 4 is 16.9 Å². The summed E-state index contributed by atoms with van der Waals surface area (Å²) in [5, 5.41) is 2.86. The van der Waals surface area contributed by atoms with E-state index in [1.807, 2.05) is 37.1 Å². The molecule has 1 aliphatic rings. The van der Waals surface area contributed by atoms with Crippen LogP contribution in [0.3, 0.4) is 0 Å². The maximum absolute atomic E-state index is 12.5. The van der Waals surface area contributed by atoms with Gasteiger partial charge in [0.05, 0.1) is 6.61 Å². The molecule has 1 N–H and O–H groups in total. The fourth-order valence-electron chi connectivity index (χ4n) is 2.79. The van der Waals surface area contributed by atoms with Gasteiger partial charge < -0.3 is 14.1 Å². The SMILES string of the molecule is CCOc1ccc2oc(C(=O)NN3CCN(C)CC3)c(C)c2c1. The number of carbonyl (C=O) groups excluding carboxylic acids is 1. The van der Waals surface area contributed by atoms with Gasteiger partial charge in [-0.25, -0.2) is 5.01 Å². The lowest BCUT2D eigenvalue weighted by molar-refractivity contribution is 0.0638. The number of aryl methyl sites for hydroxylation is 1. The van der Waals surface area contributed by atoms with Crippen LogP contribution >= 0.6 is 0 Å². The summed E-state index contributed by atoms with van der Waals surface area (Å²) in [5.74, 6) is 0.962. The fraction of sp³-hybridized carbons (Fsp3) is 0.471. The second-order valence-electron chi connectivity index (χ2n) is 5.88. The molecule has 0 aliphatic carbocycles. The molecule has 1 aliphatic heterocycles. The number of furan rings is 1. The molecule has 2 heterocycles. The quantitative estimate of drug-likeness (QED) is 0.935. The van der Waals surface area contributed by atoms with Gasteiger partial charge in [0.1, 0.15) is 11.3 Å². The summed E-state index contributed by atoms with van der Waals surface area (Å²) in [4.78, 5) is 14.7. The van der Waals surface area contributed by atoms with Crippen LogP contribution in [0.2, 0.25) is 0 Å². The van der Waals surface area contributed by atoms with Crippen molar-refractivity contribution in [2.24, 2.45) is 0 Å². The Morgan fingerprint density at radius 1 is 1.30 bits per heavy atom. The molecule has 0 saturated carbocycles. The third-order valence-electron chi connectivity index (χ3n) is 4.19. The minimum Gasteiger partial charge on any atom is -0.494 e. The number of amides is 1.